The number of nitrogens with zero attached hydrogens (tertiary/aromatic N) is 2. The molecule has 11 heteroatoms. The molecule has 0 radical (unpaired) electrons. The van der Waals surface area contributed by atoms with Crippen molar-refractivity contribution in [3.8, 4) is 0 Å². The molecular weight excluding hydrogens is 653 g/mol. The lowest BCUT2D eigenvalue weighted by atomic mass is 10.0. The second kappa shape index (κ2) is 15.1. The molecule has 0 aliphatic heterocycles. The standard InChI is InChI=1S/C34H34Cl3N3O4S/c1-23(2)38-34(42)32(19-25-9-5-4-6-10-25)39(21-26-11-7-8-12-29(26)36)33(41)22-40(31-20-27(35)15-18-30(31)37)45(43,44)28-16-13-24(3)14-17-28/h4-18,20,23,32H,19,21-22H2,1-3H3,(H,38,42)/t32-/m0/s1. The maximum absolute atomic E-state index is 14.5. The smallest absolute Gasteiger partial charge is 0.264 e. The monoisotopic (exact) mass is 685 g/mol. The molecule has 0 aromatic heterocycles. The first-order valence-corrected chi connectivity index (χ1v) is 16.9. The van der Waals surface area contributed by atoms with Gasteiger partial charge in [0.2, 0.25) is 11.8 Å². The predicted octanol–water partition coefficient (Wildman–Crippen LogP) is 7.32. The molecule has 7 nitrogen and oxygen atoms in total. The van der Waals surface area contributed by atoms with Crippen LogP contribution in [0.4, 0.5) is 5.69 Å². The zero-order chi connectivity index (χ0) is 32.7. The van der Waals surface area contributed by atoms with E-state index in [-0.39, 0.29) is 45.5 Å². The first-order chi connectivity index (χ1) is 21.4. The van der Waals surface area contributed by atoms with Gasteiger partial charge in [0.15, 0.2) is 0 Å². The maximum atomic E-state index is 14.5. The van der Waals surface area contributed by atoms with Crippen LogP contribution in [0.2, 0.25) is 15.1 Å². The Labute approximate surface area is 279 Å². The molecule has 0 aliphatic rings. The predicted molar refractivity (Wildman–Crippen MR) is 181 cm³/mol. The quantitative estimate of drug-likeness (QED) is 0.169. The summed E-state index contributed by atoms with van der Waals surface area (Å²) >= 11 is 19.3. The third kappa shape index (κ3) is 8.79. The molecule has 0 unspecified atom stereocenters. The van der Waals surface area contributed by atoms with Crippen molar-refractivity contribution in [3.05, 3.63) is 129 Å². The van der Waals surface area contributed by atoms with E-state index >= 15 is 0 Å². The van der Waals surface area contributed by atoms with Gasteiger partial charge in [-0.15, -0.1) is 0 Å². The van der Waals surface area contributed by atoms with Gasteiger partial charge in [-0.05, 0) is 68.3 Å². The number of nitrogens with one attached hydrogen (secondary N) is 1. The molecule has 2 amide bonds. The summed E-state index contributed by atoms with van der Waals surface area (Å²) in [6.45, 7) is 4.78. The lowest BCUT2D eigenvalue weighted by Gasteiger charge is -2.34. The van der Waals surface area contributed by atoms with Crippen LogP contribution < -0.4 is 9.62 Å². The molecule has 0 bridgehead atoms. The fraction of sp³-hybridized carbons (Fsp3) is 0.235. The molecule has 0 heterocycles. The van der Waals surface area contributed by atoms with Gasteiger partial charge in [-0.1, -0.05) is 101 Å². The maximum Gasteiger partial charge on any atom is 0.264 e. The van der Waals surface area contributed by atoms with Crippen molar-refractivity contribution in [2.75, 3.05) is 10.8 Å². The van der Waals surface area contributed by atoms with E-state index in [0.29, 0.717) is 10.6 Å². The minimum absolute atomic E-state index is 0.0297. The van der Waals surface area contributed by atoms with E-state index in [1.165, 1.54) is 35.2 Å². The summed E-state index contributed by atoms with van der Waals surface area (Å²) in [5.74, 6) is -1.02. The summed E-state index contributed by atoms with van der Waals surface area (Å²) in [4.78, 5) is 29.6. The molecular formula is C34H34Cl3N3O4S. The van der Waals surface area contributed by atoms with Gasteiger partial charge in [-0.3, -0.25) is 13.9 Å². The number of anilines is 1. The Morgan fingerprint density at radius 1 is 0.822 bits per heavy atom. The molecule has 236 valence electrons. The number of rotatable bonds is 12. The zero-order valence-electron chi connectivity index (χ0n) is 25.1. The van der Waals surface area contributed by atoms with Gasteiger partial charge in [-0.2, -0.15) is 0 Å². The van der Waals surface area contributed by atoms with Gasteiger partial charge in [0, 0.05) is 29.1 Å². The average molecular weight is 687 g/mol. The highest BCUT2D eigenvalue weighted by Gasteiger charge is 2.35. The van der Waals surface area contributed by atoms with Crippen LogP contribution in [0.15, 0.2) is 102 Å². The molecule has 4 rings (SSSR count). The van der Waals surface area contributed by atoms with Crippen LogP contribution in [0.3, 0.4) is 0 Å². The largest absolute Gasteiger partial charge is 0.352 e. The number of amides is 2. The van der Waals surface area contributed by atoms with Crippen molar-refractivity contribution in [1.29, 1.82) is 0 Å². The number of sulfonamides is 1. The first-order valence-electron chi connectivity index (χ1n) is 14.3. The Hall–Kier alpha value is -3.56. The van der Waals surface area contributed by atoms with Gasteiger partial charge >= 0.3 is 0 Å². The number of halogens is 3. The number of hydrogen-bond donors (Lipinski definition) is 1. The van der Waals surface area contributed by atoms with E-state index in [2.05, 4.69) is 5.32 Å². The molecule has 4 aromatic rings. The molecule has 0 saturated carbocycles. The Morgan fingerprint density at radius 2 is 1.47 bits per heavy atom. The van der Waals surface area contributed by atoms with Gasteiger partial charge in [0.25, 0.3) is 10.0 Å². The molecule has 0 spiro atoms. The van der Waals surface area contributed by atoms with Gasteiger partial charge in [0.05, 0.1) is 15.6 Å². The van der Waals surface area contributed by atoms with Crippen molar-refractivity contribution >= 4 is 62.3 Å². The zero-order valence-corrected chi connectivity index (χ0v) is 28.2. The summed E-state index contributed by atoms with van der Waals surface area (Å²) in [7, 11) is -4.33. The SMILES string of the molecule is Cc1ccc(S(=O)(=O)N(CC(=O)N(Cc2ccccc2Cl)[C@@H](Cc2ccccc2)C(=O)NC(C)C)c2cc(Cl)ccc2Cl)cc1. The van der Waals surface area contributed by atoms with Crippen molar-refractivity contribution in [1.82, 2.24) is 10.2 Å². The minimum Gasteiger partial charge on any atom is -0.352 e. The summed E-state index contributed by atoms with van der Waals surface area (Å²) in [6.07, 6.45) is 0.179. The number of carbonyl (C=O) groups excluding carboxylic acids is 2. The fourth-order valence-corrected chi connectivity index (χ4v) is 6.83. The number of aryl methyl sites for hydroxylation is 1. The van der Waals surface area contributed by atoms with Crippen LogP contribution in [0.1, 0.15) is 30.5 Å². The molecule has 1 atom stereocenters. The van der Waals surface area contributed by atoms with Crippen LogP contribution in [-0.2, 0) is 32.6 Å². The normalized spacial score (nSPS) is 12.1. The second-order valence-electron chi connectivity index (χ2n) is 10.9. The van der Waals surface area contributed by atoms with E-state index in [0.717, 1.165) is 15.4 Å². The van der Waals surface area contributed by atoms with Crippen LogP contribution in [0.5, 0.6) is 0 Å². The van der Waals surface area contributed by atoms with E-state index in [1.807, 2.05) is 51.1 Å². The Bertz CT molecular complexity index is 1750. The molecule has 4 aromatic carbocycles. The van der Waals surface area contributed by atoms with Gasteiger partial charge in [0.1, 0.15) is 12.6 Å². The fourth-order valence-electron chi connectivity index (χ4n) is 4.77. The number of benzene rings is 4. The van der Waals surface area contributed by atoms with Gasteiger partial charge < -0.3 is 10.2 Å². The van der Waals surface area contributed by atoms with Crippen LogP contribution >= 0.6 is 34.8 Å². The topological polar surface area (TPSA) is 86.8 Å². The second-order valence-corrected chi connectivity index (χ2v) is 14.0. The molecule has 0 aliphatic carbocycles. The van der Waals surface area contributed by atoms with E-state index < -0.39 is 28.5 Å². The summed E-state index contributed by atoms with van der Waals surface area (Å²) in [5, 5.41) is 3.64. The third-order valence-electron chi connectivity index (χ3n) is 7.07. The van der Waals surface area contributed by atoms with Crippen LogP contribution in [0, 0.1) is 6.92 Å². The molecule has 0 saturated heterocycles. The van der Waals surface area contributed by atoms with Gasteiger partial charge in [-0.25, -0.2) is 8.42 Å². The third-order valence-corrected chi connectivity index (χ3v) is 9.76. The van der Waals surface area contributed by atoms with Crippen LogP contribution in [0.25, 0.3) is 0 Å². The Balaban J connectivity index is 1.84. The van der Waals surface area contributed by atoms with E-state index in [4.69, 9.17) is 34.8 Å². The highest BCUT2D eigenvalue weighted by Crippen LogP contribution is 2.33. The Morgan fingerprint density at radius 3 is 2.11 bits per heavy atom. The van der Waals surface area contributed by atoms with E-state index in [9.17, 15) is 18.0 Å². The number of hydrogen-bond acceptors (Lipinski definition) is 4. The highest BCUT2D eigenvalue weighted by atomic mass is 35.5. The molecule has 1 N–H and O–H groups in total. The number of carbonyl (C=O) groups is 2. The minimum atomic E-state index is -4.33. The first kappa shape index (κ1) is 34.3. The van der Waals surface area contributed by atoms with E-state index in [1.54, 1.807) is 36.4 Å². The highest BCUT2D eigenvalue weighted by molar-refractivity contribution is 7.92. The van der Waals surface area contributed by atoms with Crippen molar-refractivity contribution in [3.63, 3.8) is 0 Å². The van der Waals surface area contributed by atoms with Crippen LogP contribution in [-0.4, -0.2) is 43.8 Å². The summed E-state index contributed by atoms with van der Waals surface area (Å²) in [5.41, 5.74) is 2.31. The summed E-state index contributed by atoms with van der Waals surface area (Å²) < 4.78 is 29.3. The van der Waals surface area contributed by atoms with Crippen molar-refractivity contribution in [2.45, 2.75) is 50.7 Å². The Kier molecular flexibility index (Phi) is 11.6. The molecule has 0 fully saturated rings. The molecule has 45 heavy (non-hydrogen) atoms. The lowest BCUT2D eigenvalue weighted by Crippen LogP contribution is -2.54. The summed E-state index contributed by atoms with van der Waals surface area (Å²) in [6, 6.07) is 25.8. The van der Waals surface area contributed by atoms with Crippen molar-refractivity contribution in [2.24, 2.45) is 0 Å². The van der Waals surface area contributed by atoms with Crippen molar-refractivity contribution < 1.29 is 18.0 Å². The average Bonchev–Trinajstić information content (AvgIpc) is 3.00. The lowest BCUT2D eigenvalue weighted by molar-refractivity contribution is -0.140.